The number of hydrogen-bond acceptors (Lipinski definition) is 5. The van der Waals surface area contributed by atoms with E-state index in [0.29, 0.717) is 38.1 Å². The molecule has 2 rings (SSSR count). The Hall–Kier alpha value is -0.890. The van der Waals surface area contributed by atoms with Crippen LogP contribution in [0.4, 0.5) is 0 Å². The molecule has 0 atom stereocenters. The molecular weight excluding hydrogens is 280 g/mol. The fraction of sp³-hybridized carbons (Fsp3) is 0.692. The van der Waals surface area contributed by atoms with Gasteiger partial charge in [-0.15, -0.1) is 0 Å². The van der Waals surface area contributed by atoms with Crippen LogP contribution in [0.3, 0.4) is 0 Å². The van der Waals surface area contributed by atoms with Crippen LogP contribution in [-0.4, -0.2) is 45.6 Å². The zero-order valence-electron chi connectivity index (χ0n) is 12.0. The van der Waals surface area contributed by atoms with Crippen LogP contribution in [0.25, 0.3) is 0 Å². The van der Waals surface area contributed by atoms with Gasteiger partial charge in [-0.05, 0) is 31.9 Å². The van der Waals surface area contributed by atoms with Crippen molar-refractivity contribution in [2.24, 2.45) is 0 Å². The number of furan rings is 1. The molecule has 1 aromatic heterocycles. The molecule has 1 heterocycles. The van der Waals surface area contributed by atoms with Gasteiger partial charge in [-0.3, -0.25) is 0 Å². The molecule has 0 unspecified atom stereocenters. The predicted octanol–water partition coefficient (Wildman–Crippen LogP) is 1.19. The summed E-state index contributed by atoms with van der Waals surface area (Å²) in [6.07, 6.45) is 2.37. The molecule has 0 saturated heterocycles. The van der Waals surface area contributed by atoms with Crippen LogP contribution in [-0.2, 0) is 21.3 Å². The highest BCUT2D eigenvalue weighted by Crippen LogP contribution is 2.21. The summed E-state index contributed by atoms with van der Waals surface area (Å²) in [7, 11) is -2.04. The maximum Gasteiger partial charge on any atom is 0.276 e. The van der Waals surface area contributed by atoms with Gasteiger partial charge in [0.25, 0.3) is 10.0 Å². The summed E-state index contributed by atoms with van der Waals surface area (Å²) >= 11 is 0. The van der Waals surface area contributed by atoms with Gasteiger partial charge in [-0.25, -0.2) is 8.42 Å². The lowest BCUT2D eigenvalue weighted by Crippen LogP contribution is -2.30. The Labute approximate surface area is 120 Å². The van der Waals surface area contributed by atoms with Gasteiger partial charge < -0.3 is 14.5 Å². The summed E-state index contributed by atoms with van der Waals surface area (Å²) in [6.45, 7) is 3.71. The van der Waals surface area contributed by atoms with Crippen molar-refractivity contribution in [2.75, 3.05) is 26.8 Å². The number of hydrogen-bond donors (Lipinski definition) is 1. The van der Waals surface area contributed by atoms with E-state index < -0.39 is 10.0 Å². The summed E-state index contributed by atoms with van der Waals surface area (Å²) in [4.78, 5) is 0. The van der Waals surface area contributed by atoms with Gasteiger partial charge in [0.05, 0.1) is 13.2 Å². The topological polar surface area (TPSA) is 71.8 Å². The number of rotatable bonds is 9. The highest BCUT2D eigenvalue weighted by Gasteiger charge is 2.25. The molecule has 0 aliphatic heterocycles. The largest absolute Gasteiger partial charge is 0.447 e. The molecule has 0 spiro atoms. The lowest BCUT2D eigenvalue weighted by molar-refractivity contribution is 0.138. The number of nitrogens with zero attached hydrogens (tertiary/aromatic N) is 1. The molecule has 0 bridgehead atoms. The van der Waals surface area contributed by atoms with Crippen LogP contribution >= 0.6 is 0 Å². The first-order valence-electron chi connectivity index (χ1n) is 6.90. The minimum atomic E-state index is -3.56. The zero-order valence-corrected chi connectivity index (χ0v) is 12.8. The van der Waals surface area contributed by atoms with Crippen molar-refractivity contribution in [2.45, 2.75) is 37.4 Å². The first-order valence-corrected chi connectivity index (χ1v) is 8.34. The molecule has 1 aliphatic carbocycles. The fourth-order valence-electron chi connectivity index (χ4n) is 1.74. The van der Waals surface area contributed by atoms with Crippen molar-refractivity contribution < 1.29 is 17.6 Å². The maximum absolute atomic E-state index is 12.2. The molecule has 114 valence electrons. The van der Waals surface area contributed by atoms with E-state index in [2.05, 4.69) is 5.32 Å². The van der Waals surface area contributed by atoms with Crippen LogP contribution in [0.1, 0.15) is 25.5 Å². The second kappa shape index (κ2) is 6.71. The average molecular weight is 302 g/mol. The lowest BCUT2D eigenvalue weighted by atomic mass is 10.4. The molecule has 0 radical (unpaired) electrons. The van der Waals surface area contributed by atoms with E-state index in [0.717, 1.165) is 0 Å². The van der Waals surface area contributed by atoms with Gasteiger partial charge in [0.15, 0.2) is 0 Å². The minimum absolute atomic E-state index is 0.0101. The number of nitrogens with one attached hydrogen (secondary N) is 1. The monoisotopic (exact) mass is 302 g/mol. The third-order valence-electron chi connectivity index (χ3n) is 3.20. The molecule has 1 N–H and O–H groups in total. The number of ether oxygens (including phenoxy) is 1. The minimum Gasteiger partial charge on any atom is -0.447 e. The Bertz CT molecular complexity index is 522. The van der Waals surface area contributed by atoms with Crippen LogP contribution in [0.5, 0.6) is 0 Å². The molecular formula is C13H22N2O4S. The molecule has 1 saturated carbocycles. The first kappa shape index (κ1) is 15.5. The van der Waals surface area contributed by atoms with Gasteiger partial charge in [0.2, 0.25) is 5.09 Å². The van der Waals surface area contributed by atoms with Crippen molar-refractivity contribution in [3.05, 3.63) is 17.9 Å². The molecule has 7 heteroatoms. The van der Waals surface area contributed by atoms with Gasteiger partial charge in [0, 0.05) is 26.2 Å². The van der Waals surface area contributed by atoms with E-state index in [9.17, 15) is 8.42 Å². The Morgan fingerprint density at radius 3 is 2.85 bits per heavy atom. The quantitative estimate of drug-likeness (QED) is 0.694. The number of sulfonamides is 1. The van der Waals surface area contributed by atoms with E-state index in [1.807, 2.05) is 6.92 Å². The molecule has 1 aliphatic rings. The summed E-state index contributed by atoms with van der Waals surface area (Å²) < 4.78 is 36.3. The normalized spacial score (nSPS) is 15.9. The SMILES string of the molecule is CCOCCN(C)S(=O)(=O)c1ccc(CNC2CC2)o1. The van der Waals surface area contributed by atoms with Crippen LogP contribution in [0.15, 0.2) is 21.6 Å². The Morgan fingerprint density at radius 2 is 2.20 bits per heavy atom. The van der Waals surface area contributed by atoms with Crippen LogP contribution in [0, 0.1) is 0 Å². The zero-order chi connectivity index (χ0) is 14.6. The van der Waals surface area contributed by atoms with Crippen LogP contribution < -0.4 is 5.32 Å². The Morgan fingerprint density at radius 1 is 1.45 bits per heavy atom. The third-order valence-corrected chi connectivity index (χ3v) is 4.93. The average Bonchev–Trinajstić information content (AvgIpc) is 3.12. The standard InChI is InChI=1S/C13H22N2O4S/c1-3-18-9-8-15(2)20(16,17)13-7-6-12(19-13)10-14-11-4-5-11/h6-7,11,14H,3-5,8-10H2,1-2H3. The van der Waals surface area contributed by atoms with E-state index in [4.69, 9.17) is 9.15 Å². The first-order chi connectivity index (χ1) is 9.54. The summed E-state index contributed by atoms with van der Waals surface area (Å²) in [5.74, 6) is 0.647. The van der Waals surface area contributed by atoms with Gasteiger partial charge in [0.1, 0.15) is 5.76 Å². The molecule has 20 heavy (non-hydrogen) atoms. The van der Waals surface area contributed by atoms with Crippen molar-refractivity contribution in [3.63, 3.8) is 0 Å². The summed E-state index contributed by atoms with van der Waals surface area (Å²) in [6, 6.07) is 3.78. The van der Waals surface area contributed by atoms with Crippen LogP contribution in [0.2, 0.25) is 0 Å². The second-order valence-electron chi connectivity index (χ2n) is 4.90. The molecule has 1 aromatic rings. The maximum atomic E-state index is 12.2. The van der Waals surface area contributed by atoms with Crippen molar-refractivity contribution in [1.82, 2.24) is 9.62 Å². The van der Waals surface area contributed by atoms with E-state index >= 15 is 0 Å². The van der Waals surface area contributed by atoms with Crippen molar-refractivity contribution in [1.29, 1.82) is 0 Å². The predicted molar refractivity (Wildman–Crippen MR) is 74.9 cm³/mol. The van der Waals surface area contributed by atoms with Gasteiger partial charge in [-0.1, -0.05) is 0 Å². The van der Waals surface area contributed by atoms with Gasteiger partial charge >= 0.3 is 0 Å². The van der Waals surface area contributed by atoms with Gasteiger partial charge in [-0.2, -0.15) is 4.31 Å². The smallest absolute Gasteiger partial charge is 0.276 e. The fourth-order valence-corrected chi connectivity index (χ4v) is 2.81. The third kappa shape index (κ3) is 4.05. The highest BCUT2D eigenvalue weighted by molar-refractivity contribution is 7.89. The van der Waals surface area contributed by atoms with E-state index in [1.165, 1.54) is 30.3 Å². The molecule has 0 amide bonds. The summed E-state index contributed by atoms with van der Waals surface area (Å²) in [5, 5.41) is 3.28. The highest BCUT2D eigenvalue weighted by atomic mass is 32.2. The Kier molecular flexibility index (Phi) is 5.20. The van der Waals surface area contributed by atoms with E-state index in [1.54, 1.807) is 6.07 Å². The lowest BCUT2D eigenvalue weighted by Gasteiger charge is -2.15. The van der Waals surface area contributed by atoms with E-state index in [-0.39, 0.29) is 5.09 Å². The second-order valence-corrected chi connectivity index (χ2v) is 6.88. The van der Waals surface area contributed by atoms with Crippen molar-refractivity contribution in [3.8, 4) is 0 Å². The van der Waals surface area contributed by atoms with Crippen molar-refractivity contribution >= 4 is 10.0 Å². The summed E-state index contributed by atoms with van der Waals surface area (Å²) in [5.41, 5.74) is 0. The Balaban J connectivity index is 1.93. The molecule has 0 aromatic carbocycles. The molecule has 6 nitrogen and oxygen atoms in total. The number of likely N-dealkylation sites (N-methyl/N-ethyl adjacent to an activating group) is 1. The molecule has 1 fully saturated rings.